The third kappa shape index (κ3) is 2.26. The van der Waals surface area contributed by atoms with Gasteiger partial charge in [0, 0.05) is 29.8 Å². The molecule has 0 aliphatic carbocycles. The van der Waals surface area contributed by atoms with Gasteiger partial charge in [-0.3, -0.25) is 5.10 Å². The Morgan fingerprint density at radius 2 is 2.25 bits per heavy atom. The fourth-order valence-corrected chi connectivity index (χ4v) is 3.50. The molecule has 3 heterocycles. The van der Waals surface area contributed by atoms with Gasteiger partial charge in [0.25, 0.3) is 0 Å². The lowest BCUT2D eigenvalue weighted by Crippen LogP contribution is -2.46. The third-order valence-corrected chi connectivity index (χ3v) is 4.33. The highest BCUT2D eigenvalue weighted by Gasteiger charge is 2.44. The van der Waals surface area contributed by atoms with Crippen LogP contribution in [0.15, 0.2) is 18.7 Å². The van der Waals surface area contributed by atoms with Gasteiger partial charge < -0.3 is 15.4 Å². The van der Waals surface area contributed by atoms with Crippen LogP contribution in [0.25, 0.3) is 0 Å². The molecular weight excluding hydrogens is 256 g/mol. The molecule has 108 valence electrons. The summed E-state index contributed by atoms with van der Waals surface area (Å²) in [6, 6.07) is 2.43. The van der Waals surface area contributed by atoms with Crippen molar-refractivity contribution in [1.82, 2.24) is 15.1 Å². The molecule has 6 nitrogen and oxygen atoms in total. The number of nitrogens with two attached hydrogens (primary N) is 1. The maximum Gasteiger partial charge on any atom is 0.410 e. The minimum absolute atomic E-state index is 0.208. The van der Waals surface area contributed by atoms with Crippen LogP contribution in [-0.4, -0.2) is 39.9 Å². The van der Waals surface area contributed by atoms with Gasteiger partial charge in [-0.05, 0) is 25.7 Å². The lowest BCUT2D eigenvalue weighted by atomic mass is 9.88. The van der Waals surface area contributed by atoms with Gasteiger partial charge in [-0.25, -0.2) is 4.79 Å². The number of nitrogens with zero attached hydrogens (tertiary/aromatic N) is 2. The zero-order valence-electron chi connectivity index (χ0n) is 11.4. The number of rotatable bonds is 3. The van der Waals surface area contributed by atoms with Crippen LogP contribution in [0.5, 0.6) is 0 Å². The number of carbonyl (C=O) groups is 1. The number of piperidine rings is 1. The standard InChI is InChI=1S/C14H20N4O2/c1-2-5-20-14(19)18-10-3-4-11(18)7-9(6-10)12-8-13(15)17-16-12/h2,8-11H,1,3-7H2,(H3,15,16,17). The van der Waals surface area contributed by atoms with Crippen molar-refractivity contribution in [3.63, 3.8) is 0 Å². The summed E-state index contributed by atoms with van der Waals surface area (Å²) in [5.41, 5.74) is 6.75. The zero-order chi connectivity index (χ0) is 14.1. The summed E-state index contributed by atoms with van der Waals surface area (Å²) in [6.07, 6.45) is 5.38. The predicted molar refractivity (Wildman–Crippen MR) is 75.2 cm³/mol. The molecule has 2 aliphatic rings. The number of amides is 1. The second-order valence-electron chi connectivity index (χ2n) is 5.57. The highest BCUT2D eigenvalue weighted by atomic mass is 16.6. The molecule has 1 aromatic rings. The Balaban J connectivity index is 1.69. The number of hydrogen-bond donors (Lipinski definition) is 2. The quantitative estimate of drug-likeness (QED) is 0.827. The molecule has 2 fully saturated rings. The summed E-state index contributed by atoms with van der Waals surface area (Å²) in [5, 5.41) is 6.99. The van der Waals surface area contributed by atoms with Crippen LogP contribution in [0, 0.1) is 0 Å². The van der Waals surface area contributed by atoms with Crippen molar-refractivity contribution >= 4 is 11.9 Å². The summed E-state index contributed by atoms with van der Waals surface area (Å²) >= 11 is 0. The largest absolute Gasteiger partial charge is 0.445 e. The number of aromatic nitrogens is 2. The van der Waals surface area contributed by atoms with E-state index < -0.39 is 0 Å². The van der Waals surface area contributed by atoms with Crippen molar-refractivity contribution in [2.24, 2.45) is 0 Å². The minimum atomic E-state index is -0.208. The van der Waals surface area contributed by atoms with Gasteiger partial charge in [0.15, 0.2) is 0 Å². The molecule has 1 amide bonds. The number of nitrogen functional groups attached to an aromatic ring is 1. The van der Waals surface area contributed by atoms with Crippen LogP contribution in [0.3, 0.4) is 0 Å². The molecule has 3 N–H and O–H groups in total. The summed E-state index contributed by atoms with van der Waals surface area (Å²) in [6.45, 7) is 3.84. The first-order valence-corrected chi connectivity index (χ1v) is 7.05. The molecule has 2 unspecified atom stereocenters. The molecule has 0 spiro atoms. The van der Waals surface area contributed by atoms with Crippen molar-refractivity contribution in [1.29, 1.82) is 0 Å². The molecule has 2 saturated heterocycles. The van der Waals surface area contributed by atoms with Crippen LogP contribution in [0.4, 0.5) is 10.6 Å². The van der Waals surface area contributed by atoms with Gasteiger partial charge in [0.05, 0.1) is 0 Å². The number of aromatic amines is 1. The first-order valence-electron chi connectivity index (χ1n) is 7.05. The Kier molecular flexibility index (Phi) is 3.38. The third-order valence-electron chi connectivity index (χ3n) is 4.33. The smallest absolute Gasteiger partial charge is 0.410 e. The average molecular weight is 276 g/mol. The zero-order valence-corrected chi connectivity index (χ0v) is 11.4. The Hall–Kier alpha value is -1.98. The van der Waals surface area contributed by atoms with Gasteiger partial charge >= 0.3 is 6.09 Å². The Morgan fingerprint density at radius 3 is 2.80 bits per heavy atom. The van der Waals surface area contributed by atoms with Crippen molar-refractivity contribution in [2.45, 2.75) is 43.7 Å². The van der Waals surface area contributed by atoms with Crippen LogP contribution in [-0.2, 0) is 4.74 Å². The fourth-order valence-electron chi connectivity index (χ4n) is 3.50. The van der Waals surface area contributed by atoms with E-state index in [2.05, 4.69) is 16.8 Å². The van der Waals surface area contributed by atoms with E-state index in [0.717, 1.165) is 31.4 Å². The number of hydrogen-bond acceptors (Lipinski definition) is 4. The summed E-state index contributed by atoms with van der Waals surface area (Å²) in [5.74, 6) is 0.931. The number of H-pyrrole nitrogens is 1. The second kappa shape index (κ2) is 5.19. The molecular formula is C14H20N4O2. The van der Waals surface area contributed by atoms with Gasteiger partial charge in [0.1, 0.15) is 12.4 Å². The molecule has 2 atom stereocenters. The molecule has 0 radical (unpaired) electrons. The predicted octanol–water partition coefficient (Wildman–Crippen LogP) is 2.02. The van der Waals surface area contributed by atoms with E-state index in [9.17, 15) is 4.79 Å². The number of ether oxygens (including phenoxy) is 1. The van der Waals surface area contributed by atoms with Crippen LogP contribution < -0.4 is 5.73 Å². The van der Waals surface area contributed by atoms with E-state index in [1.807, 2.05) is 11.0 Å². The Labute approximate surface area is 118 Å². The van der Waals surface area contributed by atoms with E-state index in [-0.39, 0.29) is 24.8 Å². The van der Waals surface area contributed by atoms with Gasteiger partial charge in [-0.2, -0.15) is 5.10 Å². The Morgan fingerprint density at radius 1 is 1.55 bits per heavy atom. The molecule has 0 aromatic carbocycles. The lowest BCUT2D eigenvalue weighted by Gasteiger charge is -2.37. The van der Waals surface area contributed by atoms with Crippen molar-refractivity contribution in [3.8, 4) is 0 Å². The van der Waals surface area contributed by atoms with Gasteiger partial charge in [-0.15, -0.1) is 0 Å². The molecule has 6 heteroatoms. The van der Waals surface area contributed by atoms with Gasteiger partial charge in [0.2, 0.25) is 0 Å². The number of nitrogens with one attached hydrogen (secondary N) is 1. The Bertz CT molecular complexity index is 499. The van der Waals surface area contributed by atoms with Crippen molar-refractivity contribution in [3.05, 3.63) is 24.4 Å². The van der Waals surface area contributed by atoms with E-state index in [1.54, 1.807) is 6.08 Å². The fraction of sp³-hybridized carbons (Fsp3) is 0.571. The maximum absolute atomic E-state index is 12.1. The molecule has 20 heavy (non-hydrogen) atoms. The first-order chi connectivity index (χ1) is 9.69. The van der Waals surface area contributed by atoms with Crippen molar-refractivity contribution < 1.29 is 9.53 Å². The summed E-state index contributed by atoms with van der Waals surface area (Å²) < 4.78 is 5.19. The average Bonchev–Trinajstić information content (AvgIpc) is 2.98. The topological polar surface area (TPSA) is 84.2 Å². The monoisotopic (exact) mass is 276 g/mol. The molecule has 3 rings (SSSR count). The van der Waals surface area contributed by atoms with Crippen molar-refractivity contribution in [2.75, 3.05) is 12.3 Å². The van der Waals surface area contributed by atoms with E-state index in [1.165, 1.54) is 0 Å². The van der Waals surface area contributed by atoms with Crippen LogP contribution >= 0.6 is 0 Å². The molecule has 0 saturated carbocycles. The number of carbonyl (C=O) groups excluding carboxylic acids is 1. The number of fused-ring (bicyclic) bond motifs is 2. The molecule has 2 bridgehead atoms. The first kappa shape index (κ1) is 13.0. The lowest BCUT2D eigenvalue weighted by molar-refractivity contribution is 0.0723. The van der Waals surface area contributed by atoms with E-state index >= 15 is 0 Å². The SMILES string of the molecule is C=CCOC(=O)N1C2CCC1CC(c1cc(N)n[nH]1)C2. The normalized spacial score (nSPS) is 28.4. The van der Waals surface area contributed by atoms with E-state index in [0.29, 0.717) is 11.7 Å². The summed E-state index contributed by atoms with van der Waals surface area (Å²) in [4.78, 5) is 14.0. The van der Waals surface area contributed by atoms with E-state index in [4.69, 9.17) is 10.5 Å². The van der Waals surface area contributed by atoms with Crippen LogP contribution in [0.1, 0.15) is 37.3 Å². The molecule has 1 aromatic heterocycles. The molecule has 2 aliphatic heterocycles. The summed E-state index contributed by atoms with van der Waals surface area (Å²) in [7, 11) is 0. The highest BCUT2D eigenvalue weighted by Crippen LogP contribution is 2.43. The van der Waals surface area contributed by atoms with Gasteiger partial charge in [-0.1, -0.05) is 12.7 Å². The maximum atomic E-state index is 12.1. The highest BCUT2D eigenvalue weighted by molar-refractivity contribution is 5.69. The van der Waals surface area contributed by atoms with Crippen LogP contribution in [0.2, 0.25) is 0 Å². The minimum Gasteiger partial charge on any atom is -0.445 e. The number of anilines is 1. The second-order valence-corrected chi connectivity index (χ2v) is 5.57.